The zero-order valence-corrected chi connectivity index (χ0v) is 10.5. The molecule has 3 rings (SSSR count). The number of hydrogen-bond donors (Lipinski definition) is 1. The molecule has 1 N–H and O–H groups in total. The van der Waals surface area contributed by atoms with Crippen molar-refractivity contribution in [2.75, 3.05) is 25.0 Å². The number of nitrogens with one attached hydrogen (secondary N) is 1. The summed E-state index contributed by atoms with van der Waals surface area (Å²) in [6.45, 7) is 4.45. The van der Waals surface area contributed by atoms with E-state index in [-0.39, 0.29) is 12.0 Å². The number of rotatable bonds is 1. The Hall–Kier alpha value is -1.78. The third-order valence-corrected chi connectivity index (χ3v) is 3.38. The maximum atomic E-state index is 12.2. The average Bonchev–Trinajstić information content (AvgIpc) is 2.90. The lowest BCUT2D eigenvalue weighted by molar-refractivity contribution is 0.0791. The molecule has 3 heterocycles. The minimum Gasteiger partial charge on any atom is -0.485 e. The lowest BCUT2D eigenvalue weighted by Gasteiger charge is -2.24. The van der Waals surface area contributed by atoms with Crippen LogP contribution < -0.4 is 10.1 Å². The Morgan fingerprint density at radius 1 is 1.50 bits per heavy atom. The van der Waals surface area contributed by atoms with Crippen molar-refractivity contribution < 1.29 is 9.53 Å². The van der Waals surface area contributed by atoms with Gasteiger partial charge in [0.2, 0.25) is 0 Å². The standard InChI is InChI=1S/C13H17N3O2/c1-9-7-14-12-11(18-9)6-10(8-15-12)13(17)16-4-2-3-5-16/h6,8-9H,2-5,7H2,1H3,(H,14,15)/t9-/m1/s1. The van der Waals surface area contributed by atoms with Crippen molar-refractivity contribution >= 4 is 11.7 Å². The molecule has 1 fully saturated rings. The molecular formula is C13H17N3O2. The minimum absolute atomic E-state index is 0.0598. The molecule has 0 aliphatic carbocycles. The van der Waals surface area contributed by atoms with Gasteiger partial charge in [0.1, 0.15) is 6.10 Å². The van der Waals surface area contributed by atoms with Crippen molar-refractivity contribution in [3.63, 3.8) is 0 Å². The number of amides is 1. The lowest BCUT2D eigenvalue weighted by Crippen LogP contribution is -2.30. The molecule has 0 bridgehead atoms. The van der Waals surface area contributed by atoms with Crippen LogP contribution in [0.2, 0.25) is 0 Å². The van der Waals surface area contributed by atoms with Crippen LogP contribution in [0, 0.1) is 0 Å². The largest absolute Gasteiger partial charge is 0.485 e. The van der Waals surface area contributed by atoms with Gasteiger partial charge in [0, 0.05) is 19.3 Å². The van der Waals surface area contributed by atoms with Crippen molar-refractivity contribution in [2.45, 2.75) is 25.9 Å². The first-order chi connectivity index (χ1) is 8.74. The zero-order chi connectivity index (χ0) is 12.5. The Labute approximate surface area is 106 Å². The van der Waals surface area contributed by atoms with E-state index < -0.39 is 0 Å². The highest BCUT2D eigenvalue weighted by Crippen LogP contribution is 2.28. The van der Waals surface area contributed by atoms with Crippen LogP contribution in [0.4, 0.5) is 5.82 Å². The van der Waals surface area contributed by atoms with Crippen molar-refractivity contribution in [3.8, 4) is 5.75 Å². The van der Waals surface area contributed by atoms with Gasteiger partial charge in [0.15, 0.2) is 11.6 Å². The molecule has 2 aliphatic rings. The highest BCUT2D eigenvalue weighted by molar-refractivity contribution is 5.94. The Balaban J connectivity index is 1.84. The number of carbonyl (C=O) groups excluding carboxylic acids is 1. The van der Waals surface area contributed by atoms with Gasteiger partial charge in [0.25, 0.3) is 5.91 Å². The number of anilines is 1. The Bertz CT molecular complexity index is 469. The number of pyridine rings is 1. The summed E-state index contributed by atoms with van der Waals surface area (Å²) in [6.07, 6.45) is 3.93. The molecule has 5 nitrogen and oxygen atoms in total. The van der Waals surface area contributed by atoms with Crippen LogP contribution in [0.15, 0.2) is 12.3 Å². The molecule has 0 aromatic carbocycles. The number of ether oxygens (including phenoxy) is 1. The number of fused-ring (bicyclic) bond motifs is 1. The second kappa shape index (κ2) is 4.48. The monoisotopic (exact) mass is 247 g/mol. The normalized spacial score (nSPS) is 22.1. The molecule has 0 unspecified atom stereocenters. The number of nitrogens with zero attached hydrogens (tertiary/aromatic N) is 2. The van der Waals surface area contributed by atoms with Gasteiger partial charge in [-0.25, -0.2) is 4.98 Å². The highest BCUT2D eigenvalue weighted by atomic mass is 16.5. The molecule has 18 heavy (non-hydrogen) atoms. The number of aromatic nitrogens is 1. The SMILES string of the molecule is C[C@@H]1CNc2ncc(C(=O)N3CCCC3)cc2O1. The highest BCUT2D eigenvalue weighted by Gasteiger charge is 2.23. The summed E-state index contributed by atoms with van der Waals surface area (Å²) in [6, 6.07) is 1.80. The van der Waals surface area contributed by atoms with E-state index in [9.17, 15) is 4.79 Å². The molecule has 1 amide bonds. The summed E-state index contributed by atoms with van der Waals surface area (Å²) in [7, 11) is 0. The van der Waals surface area contributed by atoms with Gasteiger partial charge < -0.3 is 15.0 Å². The first kappa shape index (κ1) is 11.3. The van der Waals surface area contributed by atoms with Crippen LogP contribution >= 0.6 is 0 Å². The predicted molar refractivity (Wildman–Crippen MR) is 68.0 cm³/mol. The number of carbonyl (C=O) groups is 1. The van der Waals surface area contributed by atoms with Crippen LogP contribution in [-0.2, 0) is 0 Å². The average molecular weight is 247 g/mol. The maximum absolute atomic E-state index is 12.2. The van der Waals surface area contributed by atoms with Crippen LogP contribution in [-0.4, -0.2) is 41.5 Å². The molecule has 1 aromatic rings. The molecule has 2 aliphatic heterocycles. The van der Waals surface area contributed by atoms with Crippen molar-refractivity contribution in [3.05, 3.63) is 17.8 Å². The third kappa shape index (κ3) is 2.00. The van der Waals surface area contributed by atoms with Crippen molar-refractivity contribution in [2.24, 2.45) is 0 Å². The van der Waals surface area contributed by atoms with Gasteiger partial charge >= 0.3 is 0 Å². The Morgan fingerprint density at radius 3 is 3.06 bits per heavy atom. The van der Waals surface area contributed by atoms with E-state index in [0.29, 0.717) is 11.3 Å². The van der Waals surface area contributed by atoms with Gasteiger partial charge in [-0.2, -0.15) is 0 Å². The number of likely N-dealkylation sites (tertiary alicyclic amines) is 1. The lowest BCUT2D eigenvalue weighted by atomic mass is 10.2. The van der Waals surface area contributed by atoms with E-state index in [4.69, 9.17) is 4.74 Å². The smallest absolute Gasteiger partial charge is 0.255 e. The molecule has 1 saturated heterocycles. The van der Waals surface area contributed by atoms with Gasteiger partial charge in [0.05, 0.1) is 12.1 Å². The topological polar surface area (TPSA) is 54.5 Å². The van der Waals surface area contributed by atoms with Crippen molar-refractivity contribution in [1.29, 1.82) is 0 Å². The van der Waals surface area contributed by atoms with Crippen LogP contribution in [0.3, 0.4) is 0 Å². The molecule has 0 spiro atoms. The maximum Gasteiger partial charge on any atom is 0.255 e. The van der Waals surface area contributed by atoms with E-state index in [1.165, 1.54) is 0 Å². The first-order valence-electron chi connectivity index (χ1n) is 6.44. The molecular weight excluding hydrogens is 230 g/mol. The Morgan fingerprint density at radius 2 is 2.28 bits per heavy atom. The fourth-order valence-corrected chi connectivity index (χ4v) is 2.39. The molecule has 96 valence electrons. The molecule has 0 radical (unpaired) electrons. The fourth-order valence-electron chi connectivity index (χ4n) is 2.39. The zero-order valence-electron chi connectivity index (χ0n) is 10.5. The molecule has 1 aromatic heterocycles. The predicted octanol–water partition coefficient (Wildman–Crippen LogP) is 1.51. The summed E-state index contributed by atoms with van der Waals surface area (Å²) in [5.41, 5.74) is 0.617. The summed E-state index contributed by atoms with van der Waals surface area (Å²) in [5, 5.41) is 3.19. The summed E-state index contributed by atoms with van der Waals surface area (Å²) < 4.78 is 5.69. The van der Waals surface area contributed by atoms with E-state index >= 15 is 0 Å². The molecule has 0 saturated carbocycles. The fraction of sp³-hybridized carbons (Fsp3) is 0.538. The summed E-state index contributed by atoms with van der Waals surface area (Å²) >= 11 is 0. The van der Waals surface area contributed by atoms with Gasteiger partial charge in [-0.1, -0.05) is 0 Å². The molecule has 1 atom stereocenters. The van der Waals surface area contributed by atoms with Gasteiger partial charge in [-0.15, -0.1) is 0 Å². The first-order valence-corrected chi connectivity index (χ1v) is 6.44. The van der Waals surface area contributed by atoms with Gasteiger partial charge in [-0.3, -0.25) is 4.79 Å². The van der Waals surface area contributed by atoms with Gasteiger partial charge in [-0.05, 0) is 25.8 Å². The quantitative estimate of drug-likeness (QED) is 0.817. The minimum atomic E-state index is 0.0598. The van der Waals surface area contributed by atoms with Crippen molar-refractivity contribution in [1.82, 2.24) is 9.88 Å². The van der Waals surface area contributed by atoms with E-state index in [1.54, 1.807) is 12.3 Å². The second-order valence-corrected chi connectivity index (χ2v) is 4.88. The molecule has 5 heteroatoms. The second-order valence-electron chi connectivity index (χ2n) is 4.88. The van der Waals surface area contributed by atoms with Crippen LogP contribution in [0.5, 0.6) is 5.75 Å². The third-order valence-electron chi connectivity index (χ3n) is 3.38. The van der Waals surface area contributed by atoms with E-state index in [1.807, 2.05) is 11.8 Å². The Kier molecular flexibility index (Phi) is 2.81. The summed E-state index contributed by atoms with van der Waals surface area (Å²) in [4.78, 5) is 18.4. The summed E-state index contributed by atoms with van der Waals surface area (Å²) in [5.74, 6) is 1.47. The van der Waals surface area contributed by atoms with Crippen LogP contribution in [0.1, 0.15) is 30.1 Å². The van der Waals surface area contributed by atoms with Crippen LogP contribution in [0.25, 0.3) is 0 Å². The number of hydrogen-bond acceptors (Lipinski definition) is 4. The van der Waals surface area contributed by atoms with E-state index in [2.05, 4.69) is 10.3 Å². The van der Waals surface area contributed by atoms with E-state index in [0.717, 1.165) is 38.3 Å².